The Morgan fingerprint density at radius 3 is 2.65 bits per heavy atom. The van der Waals surface area contributed by atoms with Gasteiger partial charge in [-0.25, -0.2) is 0 Å². The quantitative estimate of drug-likeness (QED) is 0.361. The molecule has 1 aliphatic rings. The number of nitrogens with zero attached hydrogens (tertiary/aromatic N) is 1. The Morgan fingerprint density at radius 1 is 1.30 bits per heavy atom. The van der Waals surface area contributed by atoms with Gasteiger partial charge in [0.05, 0.1) is 12.6 Å². The molecule has 0 aromatic heterocycles. The van der Waals surface area contributed by atoms with Crippen LogP contribution in [0.5, 0.6) is 0 Å². The molecule has 116 valence electrons. The summed E-state index contributed by atoms with van der Waals surface area (Å²) >= 11 is 0. The summed E-state index contributed by atoms with van der Waals surface area (Å²) in [7, 11) is 0. The van der Waals surface area contributed by atoms with Crippen LogP contribution in [0.4, 0.5) is 0 Å². The molecule has 0 aromatic carbocycles. The normalized spacial score (nSPS) is 19.2. The lowest BCUT2D eigenvalue weighted by Gasteiger charge is -2.13. The third-order valence-electron chi connectivity index (χ3n) is 3.06. The highest BCUT2D eigenvalue weighted by Gasteiger charge is 2.14. The molecule has 6 nitrogen and oxygen atoms in total. The van der Waals surface area contributed by atoms with Gasteiger partial charge >= 0.3 is 0 Å². The van der Waals surface area contributed by atoms with Gasteiger partial charge in [0, 0.05) is 32.2 Å². The lowest BCUT2D eigenvalue weighted by Crippen LogP contribution is -2.42. The first-order chi connectivity index (χ1) is 9.63. The predicted octanol–water partition coefficient (Wildman–Crippen LogP) is 0.493. The van der Waals surface area contributed by atoms with E-state index in [1.165, 1.54) is 0 Å². The van der Waals surface area contributed by atoms with E-state index in [1.807, 2.05) is 20.8 Å². The molecule has 1 atom stereocenters. The molecule has 1 amide bonds. The minimum atomic E-state index is 0.0245. The molecule has 3 N–H and O–H groups in total. The van der Waals surface area contributed by atoms with Crippen LogP contribution in [0.1, 0.15) is 33.6 Å². The molecule has 1 heterocycles. The van der Waals surface area contributed by atoms with Crippen molar-refractivity contribution in [3.63, 3.8) is 0 Å². The molecular weight excluding hydrogens is 256 g/mol. The smallest absolute Gasteiger partial charge is 0.222 e. The topological polar surface area (TPSA) is 74.8 Å². The maximum absolute atomic E-state index is 11.4. The van der Waals surface area contributed by atoms with Crippen molar-refractivity contribution in [3.05, 3.63) is 0 Å². The monoisotopic (exact) mass is 284 g/mol. The molecule has 0 spiro atoms. The van der Waals surface area contributed by atoms with Gasteiger partial charge < -0.3 is 20.7 Å². The van der Waals surface area contributed by atoms with Crippen LogP contribution in [0.3, 0.4) is 0 Å². The van der Waals surface area contributed by atoms with Crippen molar-refractivity contribution in [1.29, 1.82) is 0 Å². The van der Waals surface area contributed by atoms with E-state index in [0.717, 1.165) is 32.0 Å². The molecule has 0 bridgehead atoms. The van der Waals surface area contributed by atoms with Crippen molar-refractivity contribution in [3.8, 4) is 0 Å². The SMILES string of the molecule is CCNC(=NCC1CCCO1)NCCNC(=O)C(C)C. The zero-order valence-corrected chi connectivity index (χ0v) is 12.9. The second-order valence-corrected chi connectivity index (χ2v) is 5.23. The number of rotatable bonds is 7. The highest BCUT2D eigenvalue weighted by atomic mass is 16.5. The van der Waals surface area contributed by atoms with Gasteiger partial charge in [-0.2, -0.15) is 0 Å². The molecule has 0 saturated carbocycles. The number of hydrogen-bond donors (Lipinski definition) is 3. The fourth-order valence-electron chi connectivity index (χ4n) is 1.89. The van der Waals surface area contributed by atoms with Gasteiger partial charge in [-0.15, -0.1) is 0 Å². The van der Waals surface area contributed by atoms with Crippen molar-refractivity contribution in [1.82, 2.24) is 16.0 Å². The number of nitrogens with one attached hydrogen (secondary N) is 3. The van der Waals surface area contributed by atoms with E-state index >= 15 is 0 Å². The van der Waals surface area contributed by atoms with E-state index in [4.69, 9.17) is 4.74 Å². The maximum atomic E-state index is 11.4. The fourth-order valence-corrected chi connectivity index (χ4v) is 1.89. The maximum Gasteiger partial charge on any atom is 0.222 e. The summed E-state index contributed by atoms with van der Waals surface area (Å²) in [6.45, 7) is 9.42. The number of ether oxygens (including phenoxy) is 1. The Bertz CT molecular complexity index is 312. The minimum absolute atomic E-state index is 0.0245. The molecule has 1 unspecified atom stereocenters. The summed E-state index contributed by atoms with van der Waals surface area (Å²) in [6.07, 6.45) is 2.48. The summed E-state index contributed by atoms with van der Waals surface area (Å²) in [5.41, 5.74) is 0. The van der Waals surface area contributed by atoms with Crippen molar-refractivity contribution in [2.24, 2.45) is 10.9 Å². The first-order valence-electron chi connectivity index (χ1n) is 7.55. The Hall–Kier alpha value is -1.30. The molecule has 1 fully saturated rings. The summed E-state index contributed by atoms with van der Waals surface area (Å²) in [6, 6.07) is 0. The predicted molar refractivity (Wildman–Crippen MR) is 80.8 cm³/mol. The van der Waals surface area contributed by atoms with Crippen LogP contribution in [0.25, 0.3) is 0 Å². The number of hydrogen-bond acceptors (Lipinski definition) is 3. The molecular formula is C14H28N4O2. The average Bonchev–Trinajstić information content (AvgIpc) is 2.93. The largest absolute Gasteiger partial charge is 0.376 e. The van der Waals surface area contributed by atoms with Crippen LogP contribution >= 0.6 is 0 Å². The second kappa shape index (κ2) is 9.58. The zero-order valence-electron chi connectivity index (χ0n) is 12.9. The Labute approximate surface area is 121 Å². The Morgan fingerprint density at radius 2 is 2.05 bits per heavy atom. The van der Waals surface area contributed by atoms with Gasteiger partial charge in [0.15, 0.2) is 5.96 Å². The molecule has 6 heteroatoms. The first kappa shape index (κ1) is 16.8. The summed E-state index contributed by atoms with van der Waals surface area (Å²) in [5, 5.41) is 9.26. The summed E-state index contributed by atoms with van der Waals surface area (Å²) in [5.74, 6) is 0.881. The Kier molecular flexibility index (Phi) is 8.02. The van der Waals surface area contributed by atoms with Crippen LogP contribution < -0.4 is 16.0 Å². The number of carbonyl (C=O) groups excluding carboxylic acids is 1. The van der Waals surface area contributed by atoms with Gasteiger partial charge in [-0.3, -0.25) is 9.79 Å². The van der Waals surface area contributed by atoms with Gasteiger partial charge in [0.25, 0.3) is 0 Å². The number of carbonyl (C=O) groups is 1. The molecule has 0 aliphatic carbocycles. The second-order valence-electron chi connectivity index (χ2n) is 5.23. The number of guanidine groups is 1. The van der Waals surface area contributed by atoms with E-state index in [9.17, 15) is 4.79 Å². The van der Waals surface area contributed by atoms with Gasteiger partial charge in [0.1, 0.15) is 0 Å². The fraction of sp³-hybridized carbons (Fsp3) is 0.857. The lowest BCUT2D eigenvalue weighted by molar-refractivity contribution is -0.123. The molecule has 0 radical (unpaired) electrons. The summed E-state index contributed by atoms with van der Waals surface area (Å²) < 4.78 is 5.55. The van der Waals surface area contributed by atoms with Crippen LogP contribution in [0.15, 0.2) is 4.99 Å². The molecule has 1 saturated heterocycles. The minimum Gasteiger partial charge on any atom is -0.376 e. The number of amides is 1. The van der Waals surface area contributed by atoms with Gasteiger partial charge in [0.2, 0.25) is 5.91 Å². The van der Waals surface area contributed by atoms with Gasteiger partial charge in [-0.1, -0.05) is 13.8 Å². The van der Waals surface area contributed by atoms with E-state index in [2.05, 4.69) is 20.9 Å². The third-order valence-corrected chi connectivity index (χ3v) is 3.06. The van der Waals surface area contributed by atoms with Crippen LogP contribution in [0.2, 0.25) is 0 Å². The van der Waals surface area contributed by atoms with Crippen molar-refractivity contribution in [2.75, 3.05) is 32.8 Å². The highest BCUT2D eigenvalue weighted by molar-refractivity contribution is 5.80. The van der Waals surface area contributed by atoms with E-state index in [-0.39, 0.29) is 17.9 Å². The first-order valence-corrected chi connectivity index (χ1v) is 7.55. The summed E-state index contributed by atoms with van der Waals surface area (Å²) in [4.78, 5) is 15.9. The van der Waals surface area contributed by atoms with E-state index < -0.39 is 0 Å². The van der Waals surface area contributed by atoms with Crippen molar-refractivity contribution < 1.29 is 9.53 Å². The van der Waals surface area contributed by atoms with Crippen molar-refractivity contribution in [2.45, 2.75) is 39.7 Å². The van der Waals surface area contributed by atoms with Crippen LogP contribution in [0, 0.1) is 5.92 Å². The average molecular weight is 284 g/mol. The van der Waals surface area contributed by atoms with Crippen molar-refractivity contribution >= 4 is 11.9 Å². The van der Waals surface area contributed by atoms with Gasteiger partial charge in [-0.05, 0) is 19.8 Å². The van der Waals surface area contributed by atoms with E-state index in [0.29, 0.717) is 19.6 Å². The highest BCUT2D eigenvalue weighted by Crippen LogP contribution is 2.11. The third kappa shape index (κ3) is 6.75. The van der Waals surface area contributed by atoms with Crippen LogP contribution in [-0.2, 0) is 9.53 Å². The van der Waals surface area contributed by atoms with E-state index in [1.54, 1.807) is 0 Å². The van der Waals surface area contributed by atoms with Crippen LogP contribution in [-0.4, -0.2) is 50.8 Å². The molecule has 20 heavy (non-hydrogen) atoms. The lowest BCUT2D eigenvalue weighted by atomic mass is 10.2. The Balaban J connectivity index is 2.23. The zero-order chi connectivity index (χ0) is 14.8. The standard InChI is InChI=1S/C14H28N4O2/c1-4-15-14(18-10-12-6-5-9-20-12)17-8-7-16-13(19)11(2)3/h11-12H,4-10H2,1-3H3,(H,16,19)(H2,15,17,18). The molecule has 1 aliphatic heterocycles. The molecule has 1 rings (SSSR count). The molecule has 0 aromatic rings. The number of aliphatic imine (C=N–C) groups is 1.